The number of nitrogens with two attached hydrogens (primary N) is 1. The van der Waals surface area contributed by atoms with E-state index in [1.165, 1.54) is 50.6 Å². The zero-order valence-corrected chi connectivity index (χ0v) is 24.3. The van der Waals surface area contributed by atoms with Gasteiger partial charge in [-0.15, -0.1) is 0 Å². The predicted octanol–water partition coefficient (Wildman–Crippen LogP) is 5.79. The highest BCUT2D eigenvalue weighted by Crippen LogP contribution is 2.45. The molecule has 0 radical (unpaired) electrons. The summed E-state index contributed by atoms with van der Waals surface area (Å²) in [6.45, 7) is 4.28. The van der Waals surface area contributed by atoms with Crippen LogP contribution in [0.3, 0.4) is 0 Å². The van der Waals surface area contributed by atoms with E-state index in [2.05, 4.69) is 37.8 Å². The van der Waals surface area contributed by atoms with Crippen LogP contribution in [0.25, 0.3) is 22.3 Å². The first-order valence-electron chi connectivity index (χ1n) is 15.3. The van der Waals surface area contributed by atoms with Gasteiger partial charge in [-0.1, -0.05) is 43.2 Å². The Morgan fingerprint density at radius 1 is 0.976 bits per heavy atom. The monoisotopic (exact) mass is 573 g/mol. The minimum absolute atomic E-state index is 0.125. The van der Waals surface area contributed by atoms with E-state index in [4.69, 9.17) is 22.4 Å². The van der Waals surface area contributed by atoms with Gasteiger partial charge in [-0.2, -0.15) is 10.1 Å². The Hall–Kier alpha value is -2.94. The molecular weight excluding hydrogens is 534 g/mol. The molecule has 0 spiro atoms. The Bertz CT molecular complexity index is 1490. The summed E-state index contributed by atoms with van der Waals surface area (Å²) in [5.74, 6) is 2.12. The zero-order chi connectivity index (χ0) is 27.9. The molecule has 4 aromatic rings. The molecule has 4 heterocycles. The van der Waals surface area contributed by atoms with E-state index in [9.17, 15) is 5.11 Å². The van der Waals surface area contributed by atoms with Gasteiger partial charge in [0.05, 0.1) is 23.7 Å². The first-order valence-corrected chi connectivity index (χ1v) is 15.7. The van der Waals surface area contributed by atoms with Gasteiger partial charge in [0.2, 0.25) is 5.28 Å². The van der Waals surface area contributed by atoms with Gasteiger partial charge in [0.15, 0.2) is 0 Å². The predicted molar refractivity (Wildman–Crippen MR) is 163 cm³/mol. The fourth-order valence-electron chi connectivity index (χ4n) is 7.86. The Morgan fingerprint density at radius 2 is 1.76 bits per heavy atom. The summed E-state index contributed by atoms with van der Waals surface area (Å²) in [6, 6.07) is 12.4. The number of benzene rings is 1. The second kappa shape index (κ2) is 11.4. The Balaban J connectivity index is 1.11. The lowest BCUT2D eigenvalue weighted by molar-refractivity contribution is 0.0605. The Labute approximate surface area is 246 Å². The highest BCUT2D eigenvalue weighted by Gasteiger charge is 2.40. The summed E-state index contributed by atoms with van der Waals surface area (Å²) in [7, 11) is 0. The average molecular weight is 574 g/mol. The summed E-state index contributed by atoms with van der Waals surface area (Å²) < 4.78 is 4.12. The maximum atomic E-state index is 11.3. The maximum Gasteiger partial charge on any atom is 0.226 e. The van der Waals surface area contributed by atoms with Crippen molar-refractivity contribution in [3.05, 3.63) is 59.6 Å². The third-order valence-electron chi connectivity index (χ3n) is 9.95. The smallest absolute Gasteiger partial charge is 0.226 e. The second-order valence-corrected chi connectivity index (χ2v) is 12.9. The summed E-state index contributed by atoms with van der Waals surface area (Å²) >= 11 is 6.32. The number of aromatic nitrogens is 5. The minimum Gasteiger partial charge on any atom is -0.393 e. The summed E-state index contributed by atoms with van der Waals surface area (Å²) in [5, 5.41) is 17.1. The topological polar surface area (TPSA) is 98.0 Å². The van der Waals surface area contributed by atoms with Crippen molar-refractivity contribution in [3.8, 4) is 11.3 Å². The number of anilines is 1. The fraction of sp³-hybridized carbons (Fsp3) is 0.531. The lowest BCUT2D eigenvalue weighted by atomic mass is 9.82. The molecule has 2 aliphatic carbocycles. The molecule has 0 amide bonds. The van der Waals surface area contributed by atoms with Crippen molar-refractivity contribution in [1.82, 2.24) is 29.2 Å². The quantitative estimate of drug-likeness (QED) is 0.271. The van der Waals surface area contributed by atoms with Gasteiger partial charge in [-0.25, -0.2) is 4.98 Å². The molecule has 8 nitrogen and oxygen atoms in total. The van der Waals surface area contributed by atoms with Crippen molar-refractivity contribution in [2.45, 2.75) is 70.1 Å². The van der Waals surface area contributed by atoms with Gasteiger partial charge >= 0.3 is 0 Å². The van der Waals surface area contributed by atoms with Gasteiger partial charge in [0.1, 0.15) is 11.5 Å². The third-order valence-corrected chi connectivity index (χ3v) is 10.1. The molecule has 3 fully saturated rings. The molecule has 216 valence electrons. The van der Waals surface area contributed by atoms with Crippen LogP contribution in [0, 0.1) is 17.8 Å². The molecule has 1 aliphatic heterocycles. The summed E-state index contributed by atoms with van der Waals surface area (Å²) in [6.07, 6.45) is 13.4. The number of hydrogen-bond donors (Lipinski definition) is 2. The maximum absolute atomic E-state index is 11.3. The van der Waals surface area contributed by atoms with Crippen LogP contribution in [0.15, 0.2) is 48.8 Å². The van der Waals surface area contributed by atoms with Crippen LogP contribution in [-0.4, -0.2) is 60.1 Å². The van der Waals surface area contributed by atoms with Crippen LogP contribution in [0.5, 0.6) is 0 Å². The molecule has 41 heavy (non-hydrogen) atoms. The standard InChI is InChI=1S/C32H40ClN7O/c33-32-35-30(34)29-26(27-12-15-39(37-27)19-22-6-2-1-3-7-22)20-40(31(29)36-32)24-16-25(28(41)17-24)23-10-13-38(14-11-23)18-21-8-4-5-9-21/h1-3,6-7,12,15,20-21,23-25,28,41H,4-5,8-11,13-14,16-19H2,(H2,34,35,36)/t24-,25-,28+/m1/s1. The molecule has 7 rings (SSSR count). The van der Waals surface area contributed by atoms with Crippen molar-refractivity contribution in [2.24, 2.45) is 17.8 Å². The lowest BCUT2D eigenvalue weighted by Gasteiger charge is -2.37. The molecule has 0 unspecified atom stereocenters. The molecule has 0 bridgehead atoms. The number of nitrogens with zero attached hydrogens (tertiary/aromatic N) is 6. The normalized spacial score (nSPS) is 24.6. The second-order valence-electron chi connectivity index (χ2n) is 12.6. The number of nitrogen functional groups attached to an aromatic ring is 1. The van der Waals surface area contributed by atoms with Crippen molar-refractivity contribution in [3.63, 3.8) is 0 Å². The number of aliphatic hydroxyl groups excluding tert-OH is 1. The van der Waals surface area contributed by atoms with E-state index >= 15 is 0 Å². The largest absolute Gasteiger partial charge is 0.393 e. The Kier molecular flexibility index (Phi) is 7.48. The van der Waals surface area contributed by atoms with Crippen LogP contribution in [-0.2, 0) is 6.54 Å². The molecule has 9 heteroatoms. The molecule has 3 N–H and O–H groups in total. The van der Waals surface area contributed by atoms with Gasteiger partial charge in [-0.05, 0) is 92.6 Å². The van der Waals surface area contributed by atoms with E-state index in [1.807, 2.05) is 35.1 Å². The van der Waals surface area contributed by atoms with Crippen LogP contribution < -0.4 is 5.73 Å². The lowest BCUT2D eigenvalue weighted by Crippen LogP contribution is -2.39. The fourth-order valence-corrected chi connectivity index (χ4v) is 8.03. The molecule has 3 atom stereocenters. The van der Waals surface area contributed by atoms with Crippen molar-refractivity contribution < 1.29 is 5.11 Å². The van der Waals surface area contributed by atoms with Crippen LogP contribution in [0.4, 0.5) is 5.82 Å². The third kappa shape index (κ3) is 5.49. The molecule has 3 aliphatic rings. The van der Waals surface area contributed by atoms with E-state index in [0.29, 0.717) is 30.6 Å². The number of aliphatic hydroxyl groups is 1. The van der Waals surface area contributed by atoms with Crippen molar-refractivity contribution >= 4 is 28.5 Å². The summed E-state index contributed by atoms with van der Waals surface area (Å²) in [4.78, 5) is 11.6. The van der Waals surface area contributed by atoms with Crippen molar-refractivity contribution in [2.75, 3.05) is 25.4 Å². The average Bonchev–Trinajstić information content (AvgIpc) is 3.77. The van der Waals surface area contributed by atoms with Crippen LogP contribution >= 0.6 is 11.6 Å². The first kappa shape index (κ1) is 26.9. The first-order chi connectivity index (χ1) is 20.0. The van der Waals surface area contributed by atoms with Gasteiger partial charge in [0, 0.05) is 30.5 Å². The highest BCUT2D eigenvalue weighted by molar-refractivity contribution is 6.29. The van der Waals surface area contributed by atoms with Gasteiger partial charge < -0.3 is 20.3 Å². The minimum atomic E-state index is -0.313. The summed E-state index contributed by atoms with van der Waals surface area (Å²) in [5.41, 5.74) is 10.1. The van der Waals surface area contributed by atoms with Gasteiger partial charge in [-0.3, -0.25) is 4.68 Å². The number of likely N-dealkylation sites (tertiary alicyclic amines) is 1. The van der Waals surface area contributed by atoms with Gasteiger partial charge in [0.25, 0.3) is 0 Å². The SMILES string of the molecule is Nc1nc(Cl)nc2c1c(-c1ccn(Cc3ccccc3)n1)cn2[C@@H]1C[C@H](C2CCN(CC3CCCC3)CC2)[C@@H](O)C1. The number of halogens is 1. The zero-order valence-electron chi connectivity index (χ0n) is 23.6. The van der Waals surface area contributed by atoms with Crippen molar-refractivity contribution in [1.29, 1.82) is 0 Å². The molecular formula is C32H40ClN7O. The highest BCUT2D eigenvalue weighted by atomic mass is 35.5. The van der Waals surface area contributed by atoms with E-state index in [0.717, 1.165) is 47.7 Å². The van der Waals surface area contributed by atoms with E-state index in [1.54, 1.807) is 0 Å². The molecule has 2 saturated carbocycles. The number of fused-ring (bicyclic) bond motifs is 1. The number of piperidine rings is 1. The molecule has 3 aromatic heterocycles. The molecule has 1 aromatic carbocycles. The number of hydrogen-bond acceptors (Lipinski definition) is 6. The van der Waals surface area contributed by atoms with E-state index < -0.39 is 0 Å². The molecule has 1 saturated heterocycles. The number of rotatable bonds is 7. The van der Waals surface area contributed by atoms with Crippen LogP contribution in [0.1, 0.15) is 63.0 Å². The van der Waals surface area contributed by atoms with Crippen LogP contribution in [0.2, 0.25) is 5.28 Å². The van der Waals surface area contributed by atoms with E-state index in [-0.39, 0.29) is 17.4 Å². The Morgan fingerprint density at radius 3 is 2.54 bits per heavy atom.